The predicted molar refractivity (Wildman–Crippen MR) is 80.4 cm³/mol. The molecule has 0 atom stereocenters. The van der Waals surface area contributed by atoms with E-state index < -0.39 is 0 Å². The molecular formula is C14H21BrN2O2. The highest BCUT2D eigenvalue weighted by molar-refractivity contribution is 9.10. The third-order valence-electron chi connectivity index (χ3n) is 2.64. The number of likely N-dealkylation sites (N-methyl/N-ethyl adjacent to an activating group) is 1. The van der Waals surface area contributed by atoms with Crippen LogP contribution in [0.5, 0.6) is 5.75 Å². The van der Waals surface area contributed by atoms with Crippen LogP contribution in [0.4, 0.5) is 0 Å². The lowest BCUT2D eigenvalue weighted by Gasteiger charge is -2.16. The van der Waals surface area contributed by atoms with Crippen molar-refractivity contribution in [1.29, 1.82) is 0 Å². The van der Waals surface area contributed by atoms with E-state index in [-0.39, 0.29) is 12.5 Å². The molecule has 106 valence electrons. The highest BCUT2D eigenvalue weighted by Gasteiger charge is 2.11. The number of amides is 1. The predicted octanol–water partition coefficient (Wildman–Crippen LogP) is 2.38. The molecule has 5 heteroatoms. The van der Waals surface area contributed by atoms with Gasteiger partial charge in [0, 0.05) is 29.7 Å². The number of carbonyl (C=O) groups excluding carboxylic acids is 1. The van der Waals surface area contributed by atoms with E-state index in [1.54, 1.807) is 7.05 Å². The minimum Gasteiger partial charge on any atom is -0.483 e. The summed E-state index contributed by atoms with van der Waals surface area (Å²) >= 11 is 3.49. The Hall–Kier alpha value is -1.07. The van der Waals surface area contributed by atoms with Crippen LogP contribution in [0, 0.1) is 6.92 Å². The summed E-state index contributed by atoms with van der Waals surface area (Å²) in [6.07, 6.45) is 0. The number of carbonyl (C=O) groups is 1. The number of benzene rings is 1. The lowest BCUT2D eigenvalue weighted by molar-refractivity contribution is -0.122. The molecule has 1 rings (SSSR count). The Labute approximate surface area is 123 Å². The summed E-state index contributed by atoms with van der Waals surface area (Å²) in [5.41, 5.74) is 2.06. The zero-order chi connectivity index (χ0) is 14.4. The van der Waals surface area contributed by atoms with Gasteiger partial charge in [-0.05, 0) is 24.6 Å². The molecule has 0 aromatic heterocycles. The van der Waals surface area contributed by atoms with Crippen LogP contribution in [-0.2, 0) is 11.3 Å². The van der Waals surface area contributed by atoms with Gasteiger partial charge in [-0.2, -0.15) is 0 Å². The Bertz CT molecular complexity index is 447. The fourth-order valence-corrected chi connectivity index (χ4v) is 2.28. The van der Waals surface area contributed by atoms with Gasteiger partial charge < -0.3 is 15.4 Å². The lowest BCUT2D eigenvalue weighted by atomic mass is 10.1. The highest BCUT2D eigenvalue weighted by atomic mass is 79.9. The Morgan fingerprint density at radius 1 is 1.42 bits per heavy atom. The van der Waals surface area contributed by atoms with Gasteiger partial charge in [0.1, 0.15) is 5.75 Å². The van der Waals surface area contributed by atoms with Gasteiger partial charge in [-0.3, -0.25) is 4.79 Å². The van der Waals surface area contributed by atoms with Crippen LogP contribution >= 0.6 is 15.9 Å². The van der Waals surface area contributed by atoms with Crippen LogP contribution in [0.25, 0.3) is 0 Å². The molecule has 0 bridgehead atoms. The summed E-state index contributed by atoms with van der Waals surface area (Å²) in [5.74, 6) is 0.644. The quantitative estimate of drug-likeness (QED) is 0.843. The van der Waals surface area contributed by atoms with Gasteiger partial charge in [0.25, 0.3) is 5.91 Å². The smallest absolute Gasteiger partial charge is 0.257 e. The van der Waals surface area contributed by atoms with E-state index in [2.05, 4.69) is 40.4 Å². The van der Waals surface area contributed by atoms with Gasteiger partial charge in [-0.1, -0.05) is 29.8 Å². The first-order valence-electron chi connectivity index (χ1n) is 6.29. The summed E-state index contributed by atoms with van der Waals surface area (Å²) in [7, 11) is 1.60. The molecule has 0 fully saturated rings. The van der Waals surface area contributed by atoms with E-state index >= 15 is 0 Å². The van der Waals surface area contributed by atoms with Crippen LogP contribution in [0.15, 0.2) is 16.6 Å². The SMILES string of the molecule is CNC(=O)COc1c(C)cc(Br)cc1CNC(C)C. The molecule has 1 aromatic carbocycles. The van der Waals surface area contributed by atoms with Crippen molar-refractivity contribution in [3.63, 3.8) is 0 Å². The molecule has 0 saturated heterocycles. The van der Waals surface area contributed by atoms with Crippen molar-refractivity contribution in [2.45, 2.75) is 33.4 Å². The zero-order valence-electron chi connectivity index (χ0n) is 11.8. The minimum atomic E-state index is -0.134. The van der Waals surface area contributed by atoms with Crippen LogP contribution in [-0.4, -0.2) is 25.6 Å². The van der Waals surface area contributed by atoms with Crippen LogP contribution in [0.1, 0.15) is 25.0 Å². The first-order chi connectivity index (χ1) is 8.93. The molecule has 0 aliphatic heterocycles. The summed E-state index contributed by atoms with van der Waals surface area (Å²) in [6.45, 7) is 6.91. The normalized spacial score (nSPS) is 10.6. The largest absolute Gasteiger partial charge is 0.483 e. The number of aryl methyl sites for hydroxylation is 1. The average molecular weight is 329 g/mol. The Morgan fingerprint density at radius 2 is 2.11 bits per heavy atom. The molecule has 4 nitrogen and oxygen atoms in total. The Kier molecular flexibility index (Phi) is 6.31. The number of rotatable bonds is 6. The van der Waals surface area contributed by atoms with Gasteiger partial charge in [0.2, 0.25) is 0 Å². The molecule has 0 unspecified atom stereocenters. The van der Waals surface area contributed by atoms with Gasteiger partial charge in [0.05, 0.1) is 0 Å². The molecule has 0 saturated carbocycles. The molecule has 0 heterocycles. The fourth-order valence-electron chi connectivity index (χ4n) is 1.66. The van der Waals surface area contributed by atoms with Crippen LogP contribution < -0.4 is 15.4 Å². The number of hydrogen-bond acceptors (Lipinski definition) is 3. The van der Waals surface area contributed by atoms with E-state index in [9.17, 15) is 4.79 Å². The van der Waals surface area contributed by atoms with Crippen molar-refractivity contribution in [3.8, 4) is 5.75 Å². The van der Waals surface area contributed by atoms with E-state index in [0.717, 1.165) is 21.3 Å². The minimum absolute atomic E-state index is 0.0354. The standard InChI is InChI=1S/C14H21BrN2O2/c1-9(2)17-7-11-6-12(15)5-10(3)14(11)19-8-13(18)16-4/h5-6,9,17H,7-8H2,1-4H3,(H,16,18). The first kappa shape index (κ1) is 16.0. The van der Waals surface area contributed by atoms with Gasteiger partial charge in [-0.15, -0.1) is 0 Å². The third kappa shape index (κ3) is 5.20. The molecule has 19 heavy (non-hydrogen) atoms. The average Bonchev–Trinajstić information content (AvgIpc) is 2.34. The maximum atomic E-state index is 11.3. The Morgan fingerprint density at radius 3 is 2.68 bits per heavy atom. The summed E-state index contributed by atoms with van der Waals surface area (Å²) in [6, 6.07) is 4.39. The number of hydrogen-bond donors (Lipinski definition) is 2. The van der Waals surface area contributed by atoms with Crippen molar-refractivity contribution in [2.24, 2.45) is 0 Å². The maximum Gasteiger partial charge on any atom is 0.257 e. The maximum absolute atomic E-state index is 11.3. The van der Waals surface area contributed by atoms with E-state index in [1.807, 2.05) is 19.1 Å². The number of halogens is 1. The molecule has 0 spiro atoms. The molecule has 0 aliphatic rings. The molecule has 0 aliphatic carbocycles. The van der Waals surface area contributed by atoms with Gasteiger partial charge in [0.15, 0.2) is 6.61 Å². The lowest BCUT2D eigenvalue weighted by Crippen LogP contribution is -2.26. The van der Waals surface area contributed by atoms with Crippen LogP contribution in [0.2, 0.25) is 0 Å². The van der Waals surface area contributed by atoms with Crippen molar-refractivity contribution in [1.82, 2.24) is 10.6 Å². The second-order valence-electron chi connectivity index (χ2n) is 4.71. The monoisotopic (exact) mass is 328 g/mol. The first-order valence-corrected chi connectivity index (χ1v) is 7.09. The van der Waals surface area contributed by atoms with E-state index in [4.69, 9.17) is 4.74 Å². The van der Waals surface area contributed by atoms with Crippen molar-refractivity contribution in [2.75, 3.05) is 13.7 Å². The molecule has 1 aromatic rings. The second-order valence-corrected chi connectivity index (χ2v) is 5.62. The van der Waals surface area contributed by atoms with Crippen molar-refractivity contribution in [3.05, 3.63) is 27.7 Å². The molecule has 1 amide bonds. The van der Waals surface area contributed by atoms with Crippen molar-refractivity contribution < 1.29 is 9.53 Å². The van der Waals surface area contributed by atoms with Gasteiger partial charge in [-0.25, -0.2) is 0 Å². The topological polar surface area (TPSA) is 50.4 Å². The fraction of sp³-hybridized carbons (Fsp3) is 0.500. The Balaban J connectivity index is 2.89. The van der Waals surface area contributed by atoms with Crippen molar-refractivity contribution >= 4 is 21.8 Å². The summed E-state index contributed by atoms with van der Waals surface area (Å²) in [5, 5.41) is 5.90. The third-order valence-corrected chi connectivity index (χ3v) is 3.10. The number of ether oxygens (including phenoxy) is 1. The van der Waals surface area contributed by atoms with Crippen LogP contribution in [0.3, 0.4) is 0 Å². The summed E-state index contributed by atoms with van der Waals surface area (Å²) < 4.78 is 6.65. The second kappa shape index (κ2) is 7.50. The molecular weight excluding hydrogens is 308 g/mol. The highest BCUT2D eigenvalue weighted by Crippen LogP contribution is 2.28. The summed E-state index contributed by atoms with van der Waals surface area (Å²) in [4.78, 5) is 11.3. The molecule has 2 N–H and O–H groups in total. The zero-order valence-corrected chi connectivity index (χ0v) is 13.4. The van der Waals surface area contributed by atoms with E-state index in [0.29, 0.717) is 12.6 Å². The van der Waals surface area contributed by atoms with E-state index in [1.165, 1.54) is 0 Å². The molecule has 0 radical (unpaired) electrons. The van der Waals surface area contributed by atoms with Gasteiger partial charge >= 0.3 is 0 Å². The number of nitrogens with one attached hydrogen (secondary N) is 2.